The zero-order valence-electron chi connectivity index (χ0n) is 6.34. The van der Waals surface area contributed by atoms with E-state index in [0.29, 0.717) is 11.3 Å². The molecule has 1 atom stereocenters. The van der Waals surface area contributed by atoms with Gasteiger partial charge in [-0.05, 0) is 6.08 Å². The Morgan fingerprint density at radius 1 is 1.83 bits per heavy atom. The molecule has 0 radical (unpaired) electrons. The third-order valence-electron chi connectivity index (χ3n) is 1.21. The molecule has 4 N–H and O–H groups in total. The molecule has 0 aromatic rings. The fourth-order valence-electron chi connectivity index (χ4n) is 0.621. The van der Waals surface area contributed by atoms with Crippen LogP contribution >= 0.6 is 0 Å². The Balaban J connectivity index is 4.30. The van der Waals surface area contributed by atoms with Crippen molar-refractivity contribution in [2.45, 2.75) is 12.5 Å². The van der Waals surface area contributed by atoms with E-state index >= 15 is 0 Å². The second kappa shape index (κ2) is 5.04. The van der Waals surface area contributed by atoms with Crippen molar-refractivity contribution in [3.63, 3.8) is 0 Å². The highest BCUT2D eigenvalue weighted by Gasteiger charge is 2.15. The fourth-order valence-corrected chi connectivity index (χ4v) is 0.621. The largest absolute Gasteiger partial charge is 0.516 e. The summed E-state index contributed by atoms with van der Waals surface area (Å²) in [5, 5.41) is 17.3. The van der Waals surface area contributed by atoms with Crippen molar-refractivity contribution in [3.8, 4) is 12.3 Å². The minimum atomic E-state index is -1.30. The lowest BCUT2D eigenvalue weighted by Gasteiger charge is -2.19. The summed E-state index contributed by atoms with van der Waals surface area (Å²) in [4.78, 5) is 10.3. The molecule has 0 aliphatic carbocycles. The lowest BCUT2D eigenvalue weighted by atomic mass is 10.2. The number of carboxylic acid groups (broad SMARTS) is 1. The molecule has 1 unspecified atom stereocenters. The van der Waals surface area contributed by atoms with Gasteiger partial charge in [0.05, 0.1) is 12.3 Å². The molecular formula is C7H10N2O3. The Morgan fingerprint density at radius 3 is 2.75 bits per heavy atom. The summed E-state index contributed by atoms with van der Waals surface area (Å²) in [6.45, 7) is 0. The predicted octanol–water partition coefficient (Wildman–Crippen LogP) is 0.304. The van der Waals surface area contributed by atoms with Crippen LogP contribution in [-0.2, 0) is 0 Å². The Labute approximate surface area is 70.1 Å². The number of hydrogen-bond donors (Lipinski definition) is 3. The molecule has 0 aliphatic rings. The SMILES string of the molecule is C#CCC(C=CO)N(N)C(=O)O. The van der Waals surface area contributed by atoms with Gasteiger partial charge in [-0.25, -0.2) is 15.6 Å². The number of amides is 1. The van der Waals surface area contributed by atoms with Crippen molar-refractivity contribution in [2.24, 2.45) is 5.84 Å². The van der Waals surface area contributed by atoms with Gasteiger partial charge in [0.1, 0.15) is 0 Å². The van der Waals surface area contributed by atoms with Gasteiger partial charge in [0, 0.05) is 6.42 Å². The maximum Gasteiger partial charge on any atom is 0.422 e. The first-order valence-electron chi connectivity index (χ1n) is 3.14. The number of aliphatic hydroxyl groups is 1. The smallest absolute Gasteiger partial charge is 0.422 e. The lowest BCUT2D eigenvalue weighted by Crippen LogP contribution is -2.43. The summed E-state index contributed by atoms with van der Waals surface area (Å²) in [5.41, 5.74) is 0. The van der Waals surface area contributed by atoms with Crippen LogP contribution in [0.4, 0.5) is 4.79 Å². The molecule has 1 amide bonds. The summed E-state index contributed by atoms with van der Waals surface area (Å²) in [5.74, 6) is 7.35. The van der Waals surface area contributed by atoms with E-state index in [1.807, 2.05) is 0 Å². The Hall–Kier alpha value is -1.67. The molecule has 0 rings (SSSR count). The number of hydrogen-bond acceptors (Lipinski definition) is 3. The van der Waals surface area contributed by atoms with Crippen LogP contribution < -0.4 is 5.84 Å². The summed E-state index contributed by atoms with van der Waals surface area (Å²) in [6.07, 6.45) is 5.70. The van der Waals surface area contributed by atoms with E-state index in [9.17, 15) is 4.79 Å². The Bertz CT molecular complexity index is 219. The van der Waals surface area contributed by atoms with Gasteiger partial charge in [-0.15, -0.1) is 12.3 Å². The number of carbonyl (C=O) groups is 1. The second-order valence-corrected chi connectivity index (χ2v) is 2.01. The molecule has 0 fully saturated rings. The molecule has 12 heavy (non-hydrogen) atoms. The highest BCUT2D eigenvalue weighted by atomic mass is 16.4. The molecular weight excluding hydrogens is 160 g/mol. The van der Waals surface area contributed by atoms with Crippen LogP contribution in [0.25, 0.3) is 0 Å². The van der Waals surface area contributed by atoms with Crippen LogP contribution in [0.3, 0.4) is 0 Å². The standard InChI is InChI=1S/C7H10N2O3/c1-2-3-6(4-5-10)9(8)7(11)12/h1,4-6,10H,3,8H2,(H,11,12). The second-order valence-electron chi connectivity index (χ2n) is 2.01. The van der Waals surface area contributed by atoms with E-state index < -0.39 is 12.1 Å². The summed E-state index contributed by atoms with van der Waals surface area (Å²) in [7, 11) is 0. The van der Waals surface area contributed by atoms with E-state index in [-0.39, 0.29) is 6.42 Å². The first-order chi connectivity index (χ1) is 5.63. The summed E-state index contributed by atoms with van der Waals surface area (Å²) in [6, 6.07) is -0.683. The molecule has 5 nitrogen and oxygen atoms in total. The molecule has 5 heteroatoms. The number of rotatable bonds is 3. The molecule has 0 saturated carbocycles. The van der Waals surface area contributed by atoms with Gasteiger partial charge in [0.15, 0.2) is 0 Å². The number of aliphatic hydroxyl groups excluding tert-OH is 1. The van der Waals surface area contributed by atoms with Crippen LogP contribution in [0.5, 0.6) is 0 Å². The van der Waals surface area contributed by atoms with Gasteiger partial charge in [-0.2, -0.15) is 0 Å². The first kappa shape index (κ1) is 10.3. The molecule has 0 aliphatic heterocycles. The van der Waals surface area contributed by atoms with Crippen molar-refractivity contribution in [2.75, 3.05) is 0 Å². The normalized spacial score (nSPS) is 12.3. The minimum Gasteiger partial charge on any atom is -0.516 e. The van der Waals surface area contributed by atoms with Gasteiger partial charge in [0.2, 0.25) is 0 Å². The summed E-state index contributed by atoms with van der Waals surface area (Å²) >= 11 is 0. The van der Waals surface area contributed by atoms with Gasteiger partial charge >= 0.3 is 6.09 Å². The average molecular weight is 170 g/mol. The van der Waals surface area contributed by atoms with Gasteiger partial charge in [-0.1, -0.05) is 0 Å². The van der Waals surface area contributed by atoms with E-state index in [1.165, 1.54) is 6.08 Å². The van der Waals surface area contributed by atoms with Gasteiger partial charge < -0.3 is 10.2 Å². The fraction of sp³-hybridized carbons (Fsp3) is 0.286. The number of nitrogens with two attached hydrogens (primary N) is 1. The van der Waals surface area contributed by atoms with Crippen LogP contribution in [0.1, 0.15) is 6.42 Å². The van der Waals surface area contributed by atoms with E-state index in [4.69, 9.17) is 22.5 Å². The lowest BCUT2D eigenvalue weighted by molar-refractivity contribution is 0.135. The minimum absolute atomic E-state index is 0.125. The molecule has 0 bridgehead atoms. The van der Waals surface area contributed by atoms with Crippen molar-refractivity contribution >= 4 is 6.09 Å². The molecule has 0 heterocycles. The first-order valence-corrected chi connectivity index (χ1v) is 3.14. The maximum atomic E-state index is 10.3. The highest BCUT2D eigenvalue weighted by molar-refractivity contribution is 5.64. The van der Waals surface area contributed by atoms with E-state index in [0.717, 1.165) is 0 Å². The number of terminal acetylenes is 1. The highest BCUT2D eigenvalue weighted by Crippen LogP contribution is 2.00. The maximum absolute atomic E-state index is 10.3. The monoisotopic (exact) mass is 170 g/mol. The van der Waals surface area contributed by atoms with Crippen molar-refractivity contribution in [3.05, 3.63) is 12.3 Å². The van der Waals surface area contributed by atoms with Crippen LogP contribution in [0.2, 0.25) is 0 Å². The van der Waals surface area contributed by atoms with Crippen LogP contribution in [0.15, 0.2) is 12.3 Å². The van der Waals surface area contributed by atoms with E-state index in [1.54, 1.807) is 0 Å². The number of nitrogens with zero attached hydrogens (tertiary/aromatic N) is 1. The van der Waals surface area contributed by atoms with E-state index in [2.05, 4.69) is 5.92 Å². The summed E-state index contributed by atoms with van der Waals surface area (Å²) < 4.78 is 0. The van der Waals surface area contributed by atoms with Gasteiger partial charge in [0.25, 0.3) is 0 Å². The molecule has 66 valence electrons. The topological polar surface area (TPSA) is 86.8 Å². The van der Waals surface area contributed by atoms with Crippen molar-refractivity contribution < 1.29 is 15.0 Å². The Kier molecular flexibility index (Phi) is 4.34. The zero-order valence-corrected chi connectivity index (χ0v) is 6.34. The van der Waals surface area contributed by atoms with Gasteiger partial charge in [-0.3, -0.25) is 0 Å². The van der Waals surface area contributed by atoms with Crippen molar-refractivity contribution in [1.29, 1.82) is 0 Å². The quantitative estimate of drug-likeness (QED) is 0.187. The predicted molar refractivity (Wildman–Crippen MR) is 43.1 cm³/mol. The average Bonchev–Trinajstić information content (AvgIpc) is 2.03. The van der Waals surface area contributed by atoms with Crippen molar-refractivity contribution in [1.82, 2.24) is 5.01 Å². The molecule has 0 spiro atoms. The van der Waals surface area contributed by atoms with Crippen LogP contribution in [-0.4, -0.2) is 27.4 Å². The number of hydrazine groups is 1. The third-order valence-corrected chi connectivity index (χ3v) is 1.21. The van der Waals surface area contributed by atoms with Crippen LogP contribution in [0, 0.1) is 12.3 Å². The molecule has 0 aromatic heterocycles. The third kappa shape index (κ3) is 2.94. The molecule has 0 aromatic carbocycles. The molecule has 0 saturated heterocycles. The Morgan fingerprint density at radius 2 is 2.42 bits per heavy atom. The zero-order chi connectivity index (χ0) is 9.56.